The van der Waals surface area contributed by atoms with Gasteiger partial charge in [0.2, 0.25) is 0 Å². The van der Waals surface area contributed by atoms with Crippen molar-refractivity contribution >= 4 is 16.9 Å². The Balaban J connectivity index is 2.06. The van der Waals surface area contributed by atoms with E-state index in [1.54, 1.807) is 13.0 Å². The van der Waals surface area contributed by atoms with Gasteiger partial charge in [-0.25, -0.2) is 4.79 Å². The van der Waals surface area contributed by atoms with Gasteiger partial charge in [0.1, 0.15) is 5.78 Å². The van der Waals surface area contributed by atoms with Gasteiger partial charge in [-0.05, 0) is 31.7 Å². The first kappa shape index (κ1) is 12.6. The molecule has 5 nitrogen and oxygen atoms in total. The molecule has 0 amide bonds. The predicted molar refractivity (Wildman–Crippen MR) is 68.5 cm³/mol. The smallest absolute Gasteiger partial charge is 0.408 e. The van der Waals surface area contributed by atoms with Gasteiger partial charge in [-0.2, -0.15) is 0 Å². The molecule has 18 heavy (non-hydrogen) atoms. The molecule has 0 spiro atoms. The van der Waals surface area contributed by atoms with Crippen LogP contribution >= 0.6 is 0 Å². The Hall–Kier alpha value is -1.88. The maximum Gasteiger partial charge on any atom is 0.417 e. The van der Waals surface area contributed by atoms with Crippen LogP contribution in [0.25, 0.3) is 11.1 Å². The van der Waals surface area contributed by atoms with Gasteiger partial charge in [-0.3, -0.25) is 9.78 Å². The monoisotopic (exact) mass is 248 g/mol. The minimum atomic E-state index is -0.438. The Bertz CT molecular complexity index is 612. The van der Waals surface area contributed by atoms with Crippen LogP contribution in [0.2, 0.25) is 0 Å². The maximum atomic E-state index is 11.0. The molecule has 0 radical (unpaired) electrons. The highest BCUT2D eigenvalue weighted by Crippen LogP contribution is 2.13. The van der Waals surface area contributed by atoms with Gasteiger partial charge in [0.25, 0.3) is 0 Å². The molecular weight excluding hydrogens is 232 g/mol. The quantitative estimate of drug-likeness (QED) is 0.871. The maximum absolute atomic E-state index is 11.0. The molecule has 5 heteroatoms. The number of carbonyl (C=O) groups excluding carboxylic acids is 1. The molecule has 0 unspecified atom stereocenters. The van der Waals surface area contributed by atoms with Crippen molar-refractivity contribution in [2.24, 2.45) is 0 Å². The van der Waals surface area contributed by atoms with Gasteiger partial charge in [-0.1, -0.05) is 6.07 Å². The van der Waals surface area contributed by atoms with E-state index < -0.39 is 5.76 Å². The Labute approximate surface area is 104 Å². The summed E-state index contributed by atoms with van der Waals surface area (Å²) < 4.78 is 4.94. The summed E-state index contributed by atoms with van der Waals surface area (Å²) in [6, 6.07) is 5.59. The molecule has 1 aromatic heterocycles. The third-order valence-corrected chi connectivity index (χ3v) is 2.78. The van der Waals surface area contributed by atoms with E-state index >= 15 is 0 Å². The number of H-pyrrole nitrogens is 1. The summed E-state index contributed by atoms with van der Waals surface area (Å²) in [7, 11) is 1.96. The number of carbonyl (C=O) groups is 1. The second kappa shape index (κ2) is 5.18. The minimum absolute atomic E-state index is 0.191. The van der Waals surface area contributed by atoms with E-state index in [1.807, 2.05) is 19.2 Å². The second-order valence-electron chi connectivity index (χ2n) is 4.53. The third-order valence-electron chi connectivity index (χ3n) is 2.78. The largest absolute Gasteiger partial charge is 0.417 e. The lowest BCUT2D eigenvalue weighted by atomic mass is 10.2. The lowest BCUT2D eigenvalue weighted by Gasteiger charge is -2.15. The first-order valence-electron chi connectivity index (χ1n) is 5.84. The van der Waals surface area contributed by atoms with Crippen LogP contribution in [-0.4, -0.2) is 29.3 Å². The van der Waals surface area contributed by atoms with E-state index in [1.165, 1.54) is 0 Å². The van der Waals surface area contributed by atoms with Crippen molar-refractivity contribution in [1.82, 2.24) is 9.88 Å². The molecule has 96 valence electrons. The summed E-state index contributed by atoms with van der Waals surface area (Å²) >= 11 is 0. The number of fused-ring (bicyclic) bond motifs is 1. The van der Waals surface area contributed by atoms with E-state index in [2.05, 4.69) is 9.88 Å². The summed E-state index contributed by atoms with van der Waals surface area (Å²) in [5, 5.41) is 0. The molecule has 1 aromatic carbocycles. The Morgan fingerprint density at radius 3 is 2.94 bits per heavy atom. The van der Waals surface area contributed by atoms with Crippen LogP contribution < -0.4 is 5.76 Å². The van der Waals surface area contributed by atoms with Gasteiger partial charge in [0, 0.05) is 19.5 Å². The molecule has 0 fully saturated rings. The normalized spacial score (nSPS) is 11.3. The Morgan fingerprint density at radius 2 is 2.22 bits per heavy atom. The van der Waals surface area contributed by atoms with Crippen LogP contribution in [0.5, 0.6) is 0 Å². The fraction of sp³-hybridized carbons (Fsp3) is 0.385. The number of rotatable bonds is 5. The Morgan fingerprint density at radius 1 is 1.44 bits per heavy atom. The summed E-state index contributed by atoms with van der Waals surface area (Å²) in [5.74, 6) is -0.247. The number of nitrogens with zero attached hydrogens (tertiary/aromatic N) is 1. The fourth-order valence-corrected chi connectivity index (χ4v) is 1.84. The minimum Gasteiger partial charge on any atom is -0.408 e. The van der Waals surface area contributed by atoms with E-state index in [0.29, 0.717) is 17.5 Å². The third kappa shape index (κ3) is 3.07. The highest BCUT2D eigenvalue weighted by atomic mass is 16.4. The van der Waals surface area contributed by atoms with Gasteiger partial charge in [0.05, 0.1) is 5.52 Å². The number of Topliss-reactive ketones (excluding diaryl/α,β-unsaturated/α-hetero) is 1. The summed E-state index contributed by atoms with van der Waals surface area (Å²) in [6.45, 7) is 3.06. The van der Waals surface area contributed by atoms with Crippen LogP contribution in [0.15, 0.2) is 27.4 Å². The van der Waals surface area contributed by atoms with E-state index in [9.17, 15) is 9.59 Å². The summed E-state index contributed by atoms with van der Waals surface area (Å²) in [4.78, 5) is 26.6. The average Bonchev–Trinajstić information content (AvgIpc) is 2.66. The molecule has 1 heterocycles. The molecule has 0 aliphatic carbocycles. The van der Waals surface area contributed by atoms with E-state index in [-0.39, 0.29) is 5.78 Å². The molecule has 0 bridgehead atoms. The van der Waals surface area contributed by atoms with Crippen molar-refractivity contribution in [3.63, 3.8) is 0 Å². The Kier molecular flexibility index (Phi) is 3.62. The van der Waals surface area contributed by atoms with Crippen molar-refractivity contribution in [2.75, 3.05) is 13.6 Å². The van der Waals surface area contributed by atoms with Crippen molar-refractivity contribution < 1.29 is 9.21 Å². The highest BCUT2D eigenvalue weighted by molar-refractivity contribution is 5.75. The summed E-state index contributed by atoms with van der Waals surface area (Å²) in [6.07, 6.45) is 0.557. The first-order valence-corrected chi connectivity index (χ1v) is 5.84. The number of hydrogen-bond acceptors (Lipinski definition) is 4. The summed E-state index contributed by atoms with van der Waals surface area (Å²) in [5.41, 5.74) is 2.35. The molecule has 0 saturated carbocycles. The topological polar surface area (TPSA) is 66.3 Å². The van der Waals surface area contributed by atoms with Crippen LogP contribution in [0, 0.1) is 0 Å². The van der Waals surface area contributed by atoms with Crippen molar-refractivity contribution in [3.05, 3.63) is 34.3 Å². The van der Waals surface area contributed by atoms with E-state index in [4.69, 9.17) is 4.42 Å². The number of nitrogens with one attached hydrogen (secondary N) is 1. The van der Waals surface area contributed by atoms with Crippen LogP contribution in [-0.2, 0) is 11.3 Å². The predicted octanol–water partition coefficient (Wildman–Crippen LogP) is 1.53. The van der Waals surface area contributed by atoms with Crippen molar-refractivity contribution in [1.29, 1.82) is 0 Å². The van der Waals surface area contributed by atoms with Gasteiger partial charge < -0.3 is 9.32 Å². The van der Waals surface area contributed by atoms with Gasteiger partial charge in [0.15, 0.2) is 5.58 Å². The standard InChI is InChI=1S/C13H16N2O3/c1-9(16)5-6-15(2)8-10-3-4-12-11(7-10)14-13(17)18-12/h3-4,7H,5-6,8H2,1-2H3,(H,14,17). The van der Waals surface area contributed by atoms with Crippen LogP contribution in [0.1, 0.15) is 18.9 Å². The molecule has 1 N–H and O–H groups in total. The van der Waals surface area contributed by atoms with Crippen molar-refractivity contribution in [2.45, 2.75) is 19.9 Å². The zero-order valence-electron chi connectivity index (χ0n) is 10.5. The SMILES string of the molecule is CC(=O)CCN(C)Cc1ccc2oc(=O)[nH]c2c1. The van der Waals surface area contributed by atoms with E-state index in [0.717, 1.165) is 18.7 Å². The first-order chi connectivity index (χ1) is 8.54. The number of hydrogen-bond donors (Lipinski definition) is 1. The van der Waals surface area contributed by atoms with Gasteiger partial charge >= 0.3 is 5.76 Å². The van der Waals surface area contributed by atoms with Crippen LogP contribution in [0.3, 0.4) is 0 Å². The fourth-order valence-electron chi connectivity index (χ4n) is 1.84. The highest BCUT2D eigenvalue weighted by Gasteiger charge is 2.05. The molecule has 0 atom stereocenters. The number of benzene rings is 1. The second-order valence-corrected chi connectivity index (χ2v) is 4.53. The van der Waals surface area contributed by atoms with Gasteiger partial charge in [-0.15, -0.1) is 0 Å². The molecule has 0 aliphatic rings. The van der Waals surface area contributed by atoms with Crippen LogP contribution in [0.4, 0.5) is 0 Å². The number of ketones is 1. The lowest BCUT2D eigenvalue weighted by molar-refractivity contribution is -0.117. The average molecular weight is 248 g/mol. The molecule has 0 aliphatic heterocycles. The van der Waals surface area contributed by atoms with Crippen molar-refractivity contribution in [3.8, 4) is 0 Å². The lowest BCUT2D eigenvalue weighted by Crippen LogP contribution is -2.20. The number of oxazole rings is 1. The molecule has 2 rings (SSSR count). The number of aromatic nitrogens is 1. The zero-order chi connectivity index (χ0) is 13.1. The molecule has 2 aromatic rings. The number of aromatic amines is 1. The zero-order valence-corrected chi connectivity index (χ0v) is 10.5. The molecule has 0 saturated heterocycles. The molecular formula is C13H16N2O3.